The van der Waals surface area contributed by atoms with Crippen LogP contribution in [0.2, 0.25) is 0 Å². The van der Waals surface area contributed by atoms with Crippen molar-refractivity contribution >= 4 is 11.7 Å². The summed E-state index contributed by atoms with van der Waals surface area (Å²) in [5.74, 6) is 1.38. The van der Waals surface area contributed by atoms with Crippen molar-refractivity contribution < 1.29 is 19.4 Å². The highest BCUT2D eigenvalue weighted by atomic mass is 16.5. The Bertz CT molecular complexity index is 714. The molecule has 5 nitrogen and oxygen atoms in total. The minimum Gasteiger partial charge on any atom is -0.490 e. The third kappa shape index (κ3) is 4.24. The molecule has 5 heteroatoms. The molecule has 0 bridgehead atoms. The van der Waals surface area contributed by atoms with Crippen LogP contribution in [0.25, 0.3) is 0 Å². The van der Waals surface area contributed by atoms with E-state index in [-0.39, 0.29) is 12.5 Å². The Morgan fingerprint density at radius 1 is 1.16 bits per heavy atom. The number of anilines is 1. The van der Waals surface area contributed by atoms with Crippen LogP contribution in [0.1, 0.15) is 26.2 Å². The lowest BCUT2D eigenvalue weighted by Gasteiger charge is -2.25. The second-order valence-electron chi connectivity index (χ2n) is 6.06. The number of rotatable bonds is 7. The van der Waals surface area contributed by atoms with Crippen molar-refractivity contribution in [2.24, 2.45) is 0 Å². The lowest BCUT2D eigenvalue weighted by Crippen LogP contribution is -2.31. The molecule has 0 saturated carbocycles. The Balaban J connectivity index is 1.71. The van der Waals surface area contributed by atoms with Crippen molar-refractivity contribution in [3.05, 3.63) is 48.5 Å². The van der Waals surface area contributed by atoms with E-state index < -0.39 is 5.97 Å². The van der Waals surface area contributed by atoms with E-state index in [1.807, 2.05) is 55.5 Å². The van der Waals surface area contributed by atoms with Crippen LogP contribution < -0.4 is 14.4 Å². The van der Waals surface area contributed by atoms with E-state index in [9.17, 15) is 4.79 Å². The zero-order chi connectivity index (χ0) is 17.6. The van der Waals surface area contributed by atoms with Gasteiger partial charge in [-0.15, -0.1) is 0 Å². The van der Waals surface area contributed by atoms with E-state index in [2.05, 4.69) is 4.90 Å². The first-order chi connectivity index (χ1) is 12.2. The highest BCUT2D eigenvalue weighted by molar-refractivity contribution is 5.69. The van der Waals surface area contributed by atoms with Crippen molar-refractivity contribution in [3.8, 4) is 17.2 Å². The predicted molar refractivity (Wildman–Crippen MR) is 96.7 cm³/mol. The van der Waals surface area contributed by atoms with Crippen LogP contribution in [0.15, 0.2) is 48.5 Å². The van der Waals surface area contributed by atoms with Crippen molar-refractivity contribution in [2.75, 3.05) is 18.1 Å². The first-order valence-corrected chi connectivity index (χ1v) is 8.65. The lowest BCUT2D eigenvalue weighted by molar-refractivity contribution is -0.137. The third-order valence-corrected chi connectivity index (χ3v) is 4.33. The largest absolute Gasteiger partial charge is 0.490 e. The number of carbonyl (C=O) groups is 1. The summed E-state index contributed by atoms with van der Waals surface area (Å²) in [6, 6.07) is 15.4. The van der Waals surface area contributed by atoms with Gasteiger partial charge < -0.3 is 19.5 Å². The maximum absolute atomic E-state index is 11.0. The van der Waals surface area contributed by atoms with E-state index >= 15 is 0 Å². The molecule has 0 amide bonds. The molecule has 25 heavy (non-hydrogen) atoms. The summed E-state index contributed by atoms with van der Waals surface area (Å²) >= 11 is 0. The summed E-state index contributed by atoms with van der Waals surface area (Å²) in [6.07, 6.45) is 2.13. The average molecular weight is 341 g/mol. The number of carboxylic acids is 1. The summed E-state index contributed by atoms with van der Waals surface area (Å²) in [7, 11) is 0. The van der Waals surface area contributed by atoms with Gasteiger partial charge in [-0.1, -0.05) is 12.1 Å². The third-order valence-electron chi connectivity index (χ3n) is 4.33. The van der Waals surface area contributed by atoms with Gasteiger partial charge in [-0.2, -0.15) is 0 Å². The van der Waals surface area contributed by atoms with Crippen LogP contribution in [-0.4, -0.2) is 30.3 Å². The Hall–Kier alpha value is -2.69. The molecule has 1 heterocycles. The van der Waals surface area contributed by atoms with Gasteiger partial charge in [-0.25, -0.2) is 0 Å². The second-order valence-corrected chi connectivity index (χ2v) is 6.06. The molecule has 1 atom stereocenters. The molecule has 3 rings (SSSR count). The molecule has 0 aliphatic carbocycles. The monoisotopic (exact) mass is 341 g/mol. The Labute approximate surface area is 147 Å². The van der Waals surface area contributed by atoms with Crippen LogP contribution >= 0.6 is 0 Å². The SMILES string of the molecule is CCOc1ccccc1Oc1ccc(N2CCC[C@H]2CC(=O)O)cc1. The highest BCUT2D eigenvalue weighted by Crippen LogP contribution is 2.33. The molecular formula is C20H23NO4. The molecule has 1 saturated heterocycles. The molecular weight excluding hydrogens is 318 g/mol. The number of nitrogens with zero attached hydrogens (tertiary/aromatic N) is 1. The van der Waals surface area contributed by atoms with Gasteiger partial charge in [0, 0.05) is 18.3 Å². The molecule has 1 aliphatic heterocycles. The summed E-state index contributed by atoms with van der Waals surface area (Å²) in [5, 5.41) is 9.06. The van der Waals surface area contributed by atoms with E-state index in [0.717, 1.165) is 36.6 Å². The summed E-state index contributed by atoms with van der Waals surface area (Å²) < 4.78 is 11.5. The van der Waals surface area contributed by atoms with Gasteiger partial charge in [0.15, 0.2) is 11.5 Å². The molecule has 1 aliphatic rings. The van der Waals surface area contributed by atoms with Crippen molar-refractivity contribution in [3.63, 3.8) is 0 Å². The number of ether oxygens (including phenoxy) is 2. The van der Waals surface area contributed by atoms with E-state index in [4.69, 9.17) is 14.6 Å². The maximum atomic E-state index is 11.0. The first-order valence-electron chi connectivity index (χ1n) is 8.65. The standard InChI is InChI=1S/C20H23NO4/c1-2-24-18-7-3-4-8-19(18)25-17-11-9-15(10-12-17)21-13-5-6-16(21)14-20(22)23/h3-4,7-12,16H,2,5-6,13-14H2,1H3,(H,22,23)/t16-/m0/s1. The Morgan fingerprint density at radius 3 is 2.56 bits per heavy atom. The minimum atomic E-state index is -0.746. The van der Waals surface area contributed by atoms with Crippen molar-refractivity contribution in [2.45, 2.75) is 32.2 Å². The minimum absolute atomic E-state index is 0.0722. The van der Waals surface area contributed by atoms with Crippen molar-refractivity contribution in [1.29, 1.82) is 0 Å². The molecule has 0 radical (unpaired) electrons. The van der Waals surface area contributed by atoms with Crippen LogP contribution in [0.3, 0.4) is 0 Å². The summed E-state index contributed by atoms with van der Waals surface area (Å²) in [6.45, 7) is 3.42. The first kappa shape index (κ1) is 17.1. The van der Waals surface area contributed by atoms with Gasteiger partial charge in [0.25, 0.3) is 0 Å². The lowest BCUT2D eigenvalue weighted by atomic mass is 10.1. The number of para-hydroxylation sites is 2. The fourth-order valence-electron chi connectivity index (χ4n) is 3.23. The van der Waals surface area contributed by atoms with Gasteiger partial charge in [0.2, 0.25) is 0 Å². The highest BCUT2D eigenvalue weighted by Gasteiger charge is 2.26. The Morgan fingerprint density at radius 2 is 1.88 bits per heavy atom. The van der Waals surface area contributed by atoms with Gasteiger partial charge in [0.1, 0.15) is 5.75 Å². The fraction of sp³-hybridized carbons (Fsp3) is 0.350. The van der Waals surface area contributed by atoms with Gasteiger partial charge in [-0.05, 0) is 56.2 Å². The predicted octanol–water partition coefficient (Wildman–Crippen LogP) is 4.32. The number of hydrogen-bond acceptors (Lipinski definition) is 4. The fourth-order valence-corrected chi connectivity index (χ4v) is 3.23. The van der Waals surface area contributed by atoms with Gasteiger partial charge >= 0.3 is 5.97 Å². The van der Waals surface area contributed by atoms with Crippen LogP contribution in [0, 0.1) is 0 Å². The van der Waals surface area contributed by atoms with Crippen molar-refractivity contribution in [1.82, 2.24) is 0 Å². The summed E-state index contributed by atoms with van der Waals surface area (Å²) in [5.41, 5.74) is 1.04. The molecule has 0 unspecified atom stereocenters. The zero-order valence-corrected chi connectivity index (χ0v) is 14.4. The number of hydrogen-bond donors (Lipinski definition) is 1. The van der Waals surface area contributed by atoms with Gasteiger partial charge in [0.05, 0.1) is 13.0 Å². The normalized spacial score (nSPS) is 16.7. The van der Waals surface area contributed by atoms with Gasteiger partial charge in [-0.3, -0.25) is 4.79 Å². The van der Waals surface area contributed by atoms with E-state index in [0.29, 0.717) is 12.4 Å². The molecule has 2 aromatic rings. The molecule has 0 aromatic heterocycles. The number of carboxylic acid groups (broad SMARTS) is 1. The Kier molecular flexibility index (Phi) is 5.43. The van der Waals surface area contributed by atoms with E-state index in [1.165, 1.54) is 0 Å². The number of aliphatic carboxylic acids is 1. The van der Waals surface area contributed by atoms with Crippen LogP contribution in [0.5, 0.6) is 17.2 Å². The maximum Gasteiger partial charge on any atom is 0.305 e. The molecule has 1 fully saturated rings. The quantitative estimate of drug-likeness (QED) is 0.813. The topological polar surface area (TPSA) is 59.0 Å². The molecule has 0 spiro atoms. The number of benzene rings is 2. The molecule has 1 N–H and O–H groups in total. The molecule has 2 aromatic carbocycles. The van der Waals surface area contributed by atoms with E-state index in [1.54, 1.807) is 0 Å². The average Bonchev–Trinajstić information content (AvgIpc) is 3.05. The zero-order valence-electron chi connectivity index (χ0n) is 14.4. The molecule has 132 valence electrons. The van der Waals surface area contributed by atoms with Crippen LogP contribution in [-0.2, 0) is 4.79 Å². The summed E-state index contributed by atoms with van der Waals surface area (Å²) in [4.78, 5) is 13.2. The second kappa shape index (κ2) is 7.92. The van der Waals surface area contributed by atoms with Crippen LogP contribution in [0.4, 0.5) is 5.69 Å². The smallest absolute Gasteiger partial charge is 0.305 e.